The molecule has 0 bridgehead atoms. The third kappa shape index (κ3) is 7.56. The number of benzene rings is 2. The van der Waals surface area contributed by atoms with Crippen molar-refractivity contribution in [1.29, 1.82) is 0 Å². The molecule has 6 heterocycles. The molecule has 2 fully saturated rings. The average molecular weight is 698 g/mol. The normalized spacial score (nSPS) is 16.1. The molecule has 2 aliphatic heterocycles. The first-order valence-corrected chi connectivity index (χ1v) is 18.0. The number of nitrogens with one attached hydrogen (secondary N) is 2. The molecule has 2 aliphatic rings. The fourth-order valence-electron chi connectivity index (χ4n) is 6.79. The highest BCUT2D eigenvalue weighted by Crippen LogP contribution is 2.24. The maximum absolute atomic E-state index is 12.7. The number of hydrogen-bond acceptors (Lipinski definition) is 9. The minimum Gasteiger partial charge on any atom is -0.378 e. The van der Waals surface area contributed by atoms with Crippen LogP contribution in [0.5, 0.6) is 0 Å². The van der Waals surface area contributed by atoms with Gasteiger partial charge in [-0.2, -0.15) is 0 Å². The van der Waals surface area contributed by atoms with Gasteiger partial charge in [0.15, 0.2) is 0 Å². The van der Waals surface area contributed by atoms with E-state index in [1.165, 1.54) is 11.1 Å². The number of anilines is 3. The topological polar surface area (TPSA) is 103 Å². The molecule has 0 spiro atoms. The third-order valence-corrected chi connectivity index (χ3v) is 9.97. The van der Waals surface area contributed by atoms with Crippen molar-refractivity contribution < 1.29 is 0 Å². The van der Waals surface area contributed by atoms with Gasteiger partial charge in [-0.1, -0.05) is 24.3 Å². The Morgan fingerprint density at radius 1 is 0.673 bits per heavy atom. The Morgan fingerprint density at radius 3 is 1.87 bits per heavy atom. The van der Waals surface area contributed by atoms with Crippen LogP contribution in [0.3, 0.4) is 0 Å². The molecule has 11 nitrogen and oxygen atoms in total. The second kappa shape index (κ2) is 15.0. The summed E-state index contributed by atoms with van der Waals surface area (Å²) in [5.74, 6) is 0. The smallest absolute Gasteiger partial charge is 0.258 e. The first-order valence-electron chi connectivity index (χ1n) is 18.0. The highest BCUT2D eigenvalue weighted by molar-refractivity contribution is 5.68. The summed E-state index contributed by atoms with van der Waals surface area (Å²) < 4.78 is 3.28. The minimum absolute atomic E-state index is 0.0479. The highest BCUT2D eigenvalue weighted by atomic mass is 16.1. The standard InChI is InChI=1S/C21H24N4O.C20H23N5O/c1-14-4-5-17(10-15(14)2)19-11-21(26)25-13-18(6-7-20(25)23-19)24-9-8-22-16(3)12-24;1-23(2)16-5-3-4-15(12-16)18-13-20(26)25-14-17(6-7-19(25)22-18)24-10-8-21-9-11-24/h4-7,10-11,13,16,22H,8-9,12H2,1-3H3;3-7,12-14,21H,8-11H2,1-2H3/t16-;/m0./s1. The van der Waals surface area contributed by atoms with Gasteiger partial charge in [0.2, 0.25) is 0 Å². The predicted octanol–water partition coefficient (Wildman–Crippen LogP) is 4.61. The van der Waals surface area contributed by atoms with E-state index in [1.807, 2.05) is 79.9 Å². The number of fused-ring (bicyclic) bond motifs is 2. The zero-order chi connectivity index (χ0) is 36.4. The van der Waals surface area contributed by atoms with E-state index in [9.17, 15) is 9.59 Å². The molecule has 0 amide bonds. The summed E-state index contributed by atoms with van der Waals surface area (Å²) in [5, 5.41) is 6.79. The van der Waals surface area contributed by atoms with Gasteiger partial charge in [-0.15, -0.1) is 0 Å². The second-order valence-corrected chi connectivity index (χ2v) is 14.0. The van der Waals surface area contributed by atoms with Crippen LogP contribution in [0.4, 0.5) is 17.1 Å². The summed E-state index contributed by atoms with van der Waals surface area (Å²) >= 11 is 0. The van der Waals surface area contributed by atoms with Crippen molar-refractivity contribution in [3.05, 3.63) is 123 Å². The van der Waals surface area contributed by atoms with Gasteiger partial charge in [0.1, 0.15) is 11.3 Å². The van der Waals surface area contributed by atoms with Crippen LogP contribution in [0, 0.1) is 13.8 Å². The Hall–Kier alpha value is -5.52. The number of nitrogens with zero attached hydrogens (tertiary/aromatic N) is 7. The summed E-state index contributed by atoms with van der Waals surface area (Å²) in [6.45, 7) is 13.0. The molecule has 11 heteroatoms. The highest BCUT2D eigenvalue weighted by Gasteiger charge is 2.17. The Morgan fingerprint density at radius 2 is 1.27 bits per heavy atom. The molecule has 2 N–H and O–H groups in total. The second-order valence-electron chi connectivity index (χ2n) is 14.0. The first-order chi connectivity index (χ1) is 25.1. The van der Waals surface area contributed by atoms with Gasteiger partial charge in [-0.3, -0.25) is 18.4 Å². The fourth-order valence-corrected chi connectivity index (χ4v) is 6.79. The van der Waals surface area contributed by atoms with E-state index in [4.69, 9.17) is 9.97 Å². The van der Waals surface area contributed by atoms with E-state index >= 15 is 0 Å². The predicted molar refractivity (Wildman–Crippen MR) is 212 cm³/mol. The van der Waals surface area contributed by atoms with Crippen LogP contribution < -0.4 is 36.5 Å². The molecule has 1 atom stereocenters. The van der Waals surface area contributed by atoms with Crippen molar-refractivity contribution in [3.63, 3.8) is 0 Å². The van der Waals surface area contributed by atoms with E-state index < -0.39 is 0 Å². The molecule has 0 radical (unpaired) electrons. The molecule has 8 rings (SSSR count). The van der Waals surface area contributed by atoms with Gasteiger partial charge in [-0.25, -0.2) is 9.97 Å². The van der Waals surface area contributed by atoms with Crippen molar-refractivity contribution in [1.82, 2.24) is 29.4 Å². The van der Waals surface area contributed by atoms with E-state index in [0.717, 1.165) is 79.7 Å². The molecular formula is C41H47N9O2. The van der Waals surface area contributed by atoms with Crippen molar-refractivity contribution in [2.75, 3.05) is 74.6 Å². The largest absolute Gasteiger partial charge is 0.378 e. The molecule has 2 aromatic carbocycles. The van der Waals surface area contributed by atoms with Gasteiger partial charge >= 0.3 is 0 Å². The number of aryl methyl sites for hydroxylation is 2. The van der Waals surface area contributed by atoms with Crippen LogP contribution in [0.1, 0.15) is 18.1 Å². The zero-order valence-corrected chi connectivity index (χ0v) is 30.6. The lowest BCUT2D eigenvalue weighted by Gasteiger charge is -2.33. The molecule has 0 unspecified atom stereocenters. The SMILES string of the molecule is CN(C)c1cccc(-c2cc(=O)n3cc(N4CCNCC4)ccc3n2)c1.Cc1ccc(-c2cc(=O)n3cc(N4CCN[C@@H](C)C4)ccc3n2)cc1C. The molecule has 268 valence electrons. The van der Waals surface area contributed by atoms with E-state index in [2.05, 4.69) is 59.4 Å². The average Bonchev–Trinajstić information content (AvgIpc) is 3.16. The lowest BCUT2D eigenvalue weighted by molar-refractivity contribution is 0.484. The van der Waals surface area contributed by atoms with Crippen LogP contribution in [0.2, 0.25) is 0 Å². The van der Waals surface area contributed by atoms with Gasteiger partial charge < -0.3 is 25.3 Å². The maximum Gasteiger partial charge on any atom is 0.258 e. The van der Waals surface area contributed by atoms with Crippen LogP contribution in [-0.4, -0.2) is 84.7 Å². The Labute approximate surface area is 304 Å². The maximum atomic E-state index is 12.7. The Bertz CT molecular complexity index is 2340. The van der Waals surface area contributed by atoms with E-state index in [-0.39, 0.29) is 11.1 Å². The molecule has 0 aliphatic carbocycles. The summed E-state index contributed by atoms with van der Waals surface area (Å²) in [5.41, 5.74) is 10.2. The minimum atomic E-state index is -0.0581. The van der Waals surface area contributed by atoms with Crippen molar-refractivity contribution in [2.24, 2.45) is 0 Å². The lowest BCUT2D eigenvalue weighted by atomic mass is 10.0. The fraction of sp³-hybridized carbons (Fsp3) is 0.317. The van der Waals surface area contributed by atoms with E-state index in [1.54, 1.807) is 20.9 Å². The summed E-state index contributed by atoms with van der Waals surface area (Å²) in [6, 6.07) is 25.9. The van der Waals surface area contributed by atoms with Crippen LogP contribution in [0.15, 0.2) is 101 Å². The van der Waals surface area contributed by atoms with Crippen molar-refractivity contribution >= 4 is 28.4 Å². The number of piperazine rings is 2. The molecule has 0 saturated carbocycles. The van der Waals surface area contributed by atoms with Gasteiger partial charge in [0, 0.05) is 107 Å². The number of rotatable bonds is 5. The van der Waals surface area contributed by atoms with Crippen molar-refractivity contribution in [3.8, 4) is 22.5 Å². The van der Waals surface area contributed by atoms with E-state index in [0.29, 0.717) is 23.0 Å². The number of pyridine rings is 2. The van der Waals surface area contributed by atoms with Gasteiger partial charge in [-0.05, 0) is 74.4 Å². The lowest BCUT2D eigenvalue weighted by Crippen LogP contribution is -2.49. The monoisotopic (exact) mass is 697 g/mol. The Kier molecular flexibility index (Phi) is 10.1. The molecule has 2 saturated heterocycles. The van der Waals surface area contributed by atoms with Crippen molar-refractivity contribution in [2.45, 2.75) is 26.8 Å². The summed E-state index contributed by atoms with van der Waals surface area (Å²) in [7, 11) is 4.00. The summed E-state index contributed by atoms with van der Waals surface area (Å²) in [4.78, 5) is 41.5. The van der Waals surface area contributed by atoms with Crippen LogP contribution >= 0.6 is 0 Å². The molecule has 52 heavy (non-hydrogen) atoms. The molecular weight excluding hydrogens is 651 g/mol. The third-order valence-electron chi connectivity index (χ3n) is 9.97. The van der Waals surface area contributed by atoms with Crippen LogP contribution in [-0.2, 0) is 0 Å². The number of aromatic nitrogens is 4. The van der Waals surface area contributed by atoms with Gasteiger partial charge in [0.25, 0.3) is 11.1 Å². The summed E-state index contributed by atoms with van der Waals surface area (Å²) in [6.07, 6.45) is 3.81. The quantitative estimate of drug-likeness (QED) is 0.268. The van der Waals surface area contributed by atoms with Gasteiger partial charge in [0.05, 0.1) is 22.8 Å². The van der Waals surface area contributed by atoms with Crippen LogP contribution in [0.25, 0.3) is 33.8 Å². The Balaban J connectivity index is 0.000000162. The first kappa shape index (κ1) is 34.9. The molecule has 6 aromatic rings. The number of hydrogen-bond donors (Lipinski definition) is 2. The molecule has 4 aromatic heterocycles. The zero-order valence-electron chi connectivity index (χ0n) is 30.6.